The highest BCUT2D eigenvalue weighted by molar-refractivity contribution is 4.87. The fourth-order valence-electron chi connectivity index (χ4n) is 3.22. The first-order valence-corrected chi connectivity index (χ1v) is 10.6. The quantitative estimate of drug-likeness (QED) is 0.303. The molecule has 1 heterocycles. The lowest BCUT2D eigenvalue weighted by atomic mass is 10.0. The van der Waals surface area contributed by atoms with E-state index in [0.717, 1.165) is 12.8 Å². The second-order valence-corrected chi connectivity index (χ2v) is 7.32. The number of aliphatic hydroxyl groups is 3. The number of ether oxygens (including phenoxy) is 2. The molecule has 0 bridgehead atoms. The molecule has 1 saturated heterocycles. The van der Waals surface area contributed by atoms with E-state index in [4.69, 9.17) is 14.6 Å². The van der Waals surface area contributed by atoms with E-state index in [2.05, 4.69) is 19.1 Å². The van der Waals surface area contributed by atoms with Gasteiger partial charge in [-0.2, -0.15) is 0 Å². The molecule has 0 spiro atoms. The molecule has 5 heteroatoms. The molecule has 1 aliphatic rings. The summed E-state index contributed by atoms with van der Waals surface area (Å²) in [6.45, 7) is 2.74. The molecule has 1 rings (SSSR count). The highest BCUT2D eigenvalue weighted by Gasteiger charge is 2.38. The summed E-state index contributed by atoms with van der Waals surface area (Å²) >= 11 is 0. The second kappa shape index (κ2) is 15.6. The Morgan fingerprint density at radius 2 is 1.50 bits per heavy atom. The van der Waals surface area contributed by atoms with Crippen LogP contribution in [0.2, 0.25) is 0 Å². The van der Waals surface area contributed by atoms with Crippen molar-refractivity contribution >= 4 is 0 Å². The van der Waals surface area contributed by atoms with Crippen molar-refractivity contribution < 1.29 is 24.8 Å². The molecule has 0 aromatic heterocycles. The van der Waals surface area contributed by atoms with E-state index >= 15 is 0 Å². The molecule has 1 fully saturated rings. The third kappa shape index (κ3) is 10.0. The van der Waals surface area contributed by atoms with Gasteiger partial charge in [0.15, 0.2) is 0 Å². The lowest BCUT2D eigenvalue weighted by Gasteiger charge is -2.36. The number of allylic oxidation sites excluding steroid dienone is 2. The van der Waals surface area contributed by atoms with E-state index in [0.29, 0.717) is 6.61 Å². The standard InChI is InChI=1S/C21H40O5/c1-2-3-4-5-6-7-8-9-10-11-12-13-14-15-25-19-17-26-18(16-22)20(23)21(19)24/h7-8,18-24H,2-6,9-17H2,1H3/b8-7+/t18-,19+,20-,21-/m0/s1. The van der Waals surface area contributed by atoms with Crippen LogP contribution in [0.1, 0.15) is 77.6 Å². The Bertz CT molecular complexity index is 347. The van der Waals surface area contributed by atoms with Crippen LogP contribution in [0.3, 0.4) is 0 Å². The van der Waals surface area contributed by atoms with Gasteiger partial charge in [0.2, 0.25) is 0 Å². The molecule has 0 amide bonds. The zero-order chi connectivity index (χ0) is 19.0. The van der Waals surface area contributed by atoms with Gasteiger partial charge in [-0.1, -0.05) is 57.6 Å². The molecule has 5 nitrogen and oxygen atoms in total. The fourth-order valence-corrected chi connectivity index (χ4v) is 3.22. The van der Waals surface area contributed by atoms with Gasteiger partial charge in [0, 0.05) is 6.61 Å². The Labute approximate surface area is 159 Å². The summed E-state index contributed by atoms with van der Waals surface area (Å²) in [6, 6.07) is 0. The van der Waals surface area contributed by atoms with Crippen LogP contribution < -0.4 is 0 Å². The lowest BCUT2D eigenvalue weighted by Crippen LogP contribution is -2.55. The number of rotatable bonds is 15. The van der Waals surface area contributed by atoms with Gasteiger partial charge in [-0.3, -0.25) is 0 Å². The van der Waals surface area contributed by atoms with Gasteiger partial charge in [-0.15, -0.1) is 0 Å². The van der Waals surface area contributed by atoms with Crippen LogP contribution in [0.5, 0.6) is 0 Å². The molecule has 0 aromatic rings. The Balaban J connectivity index is 1.90. The Kier molecular flexibility index (Phi) is 14.1. The molecule has 4 atom stereocenters. The summed E-state index contributed by atoms with van der Waals surface area (Å²) in [4.78, 5) is 0. The van der Waals surface area contributed by atoms with Crippen molar-refractivity contribution in [3.8, 4) is 0 Å². The van der Waals surface area contributed by atoms with Crippen molar-refractivity contribution in [2.75, 3.05) is 19.8 Å². The second-order valence-electron chi connectivity index (χ2n) is 7.32. The minimum Gasteiger partial charge on any atom is -0.394 e. The van der Waals surface area contributed by atoms with Crippen LogP contribution in [0.15, 0.2) is 12.2 Å². The Morgan fingerprint density at radius 1 is 0.885 bits per heavy atom. The zero-order valence-electron chi connectivity index (χ0n) is 16.5. The summed E-state index contributed by atoms with van der Waals surface area (Å²) in [5.41, 5.74) is 0. The molecule has 1 aliphatic heterocycles. The minimum atomic E-state index is -1.08. The van der Waals surface area contributed by atoms with Crippen molar-refractivity contribution in [1.82, 2.24) is 0 Å². The predicted molar refractivity (Wildman–Crippen MR) is 104 cm³/mol. The van der Waals surface area contributed by atoms with Gasteiger partial charge in [0.05, 0.1) is 13.2 Å². The third-order valence-electron chi connectivity index (χ3n) is 5.00. The summed E-state index contributed by atoms with van der Waals surface area (Å²) in [5.74, 6) is 0. The highest BCUT2D eigenvalue weighted by atomic mass is 16.6. The van der Waals surface area contributed by atoms with Gasteiger partial charge in [0.25, 0.3) is 0 Å². The largest absolute Gasteiger partial charge is 0.394 e. The first-order valence-electron chi connectivity index (χ1n) is 10.6. The molecule has 0 saturated carbocycles. The zero-order valence-corrected chi connectivity index (χ0v) is 16.5. The van der Waals surface area contributed by atoms with E-state index in [1.54, 1.807) is 0 Å². The molecular weight excluding hydrogens is 332 g/mol. The first kappa shape index (κ1) is 23.6. The van der Waals surface area contributed by atoms with Crippen molar-refractivity contribution in [3.63, 3.8) is 0 Å². The topological polar surface area (TPSA) is 79.2 Å². The fraction of sp³-hybridized carbons (Fsp3) is 0.905. The van der Waals surface area contributed by atoms with Crippen molar-refractivity contribution in [3.05, 3.63) is 12.2 Å². The van der Waals surface area contributed by atoms with Crippen molar-refractivity contribution in [2.24, 2.45) is 0 Å². The van der Waals surface area contributed by atoms with Crippen molar-refractivity contribution in [1.29, 1.82) is 0 Å². The van der Waals surface area contributed by atoms with Crippen LogP contribution in [0, 0.1) is 0 Å². The molecule has 0 unspecified atom stereocenters. The lowest BCUT2D eigenvalue weighted by molar-refractivity contribution is -0.208. The predicted octanol–water partition coefficient (Wildman–Crippen LogP) is 3.35. The van der Waals surface area contributed by atoms with Crippen molar-refractivity contribution in [2.45, 2.75) is 102 Å². The molecule has 0 aliphatic carbocycles. The molecule has 0 aromatic carbocycles. The van der Waals surface area contributed by atoms with Crippen LogP contribution in [0.25, 0.3) is 0 Å². The SMILES string of the molecule is CCCCCC/C=C/CCCCCCCO[C@@H]1CO[C@@H](CO)[C@H](O)[C@H]1O. The van der Waals surface area contributed by atoms with Gasteiger partial charge >= 0.3 is 0 Å². The van der Waals surface area contributed by atoms with Crippen LogP contribution in [0.4, 0.5) is 0 Å². The van der Waals surface area contributed by atoms with E-state index in [-0.39, 0.29) is 13.2 Å². The maximum absolute atomic E-state index is 9.97. The highest BCUT2D eigenvalue weighted by Crippen LogP contribution is 2.18. The average Bonchev–Trinajstić information content (AvgIpc) is 2.65. The van der Waals surface area contributed by atoms with E-state index in [1.165, 1.54) is 57.8 Å². The van der Waals surface area contributed by atoms with E-state index in [1.807, 2.05) is 0 Å². The van der Waals surface area contributed by atoms with E-state index in [9.17, 15) is 10.2 Å². The maximum atomic E-state index is 9.97. The molecular formula is C21H40O5. The minimum absolute atomic E-state index is 0.217. The molecule has 154 valence electrons. The third-order valence-corrected chi connectivity index (χ3v) is 5.00. The normalized spacial score (nSPS) is 26.6. The van der Waals surface area contributed by atoms with Gasteiger partial charge in [-0.05, 0) is 32.1 Å². The summed E-state index contributed by atoms with van der Waals surface area (Å²) in [5, 5.41) is 28.8. The Morgan fingerprint density at radius 3 is 2.15 bits per heavy atom. The number of hydrogen-bond acceptors (Lipinski definition) is 5. The van der Waals surface area contributed by atoms with Gasteiger partial charge in [0.1, 0.15) is 24.4 Å². The van der Waals surface area contributed by atoms with Gasteiger partial charge < -0.3 is 24.8 Å². The Hall–Kier alpha value is -0.460. The molecule has 3 N–H and O–H groups in total. The van der Waals surface area contributed by atoms with Gasteiger partial charge in [-0.25, -0.2) is 0 Å². The summed E-state index contributed by atoms with van der Waals surface area (Å²) in [6.07, 6.45) is 14.9. The number of aliphatic hydroxyl groups excluding tert-OH is 3. The average molecular weight is 373 g/mol. The monoisotopic (exact) mass is 372 g/mol. The van der Waals surface area contributed by atoms with E-state index < -0.39 is 24.4 Å². The van der Waals surface area contributed by atoms with Crippen LogP contribution >= 0.6 is 0 Å². The summed E-state index contributed by atoms with van der Waals surface area (Å²) < 4.78 is 10.9. The molecule has 26 heavy (non-hydrogen) atoms. The number of unbranched alkanes of at least 4 members (excludes halogenated alkanes) is 9. The first-order chi connectivity index (χ1) is 12.7. The summed E-state index contributed by atoms with van der Waals surface area (Å²) in [7, 11) is 0. The maximum Gasteiger partial charge on any atom is 0.111 e. The smallest absolute Gasteiger partial charge is 0.111 e. The molecule has 0 radical (unpaired) electrons. The van der Waals surface area contributed by atoms with Crippen LogP contribution in [-0.4, -0.2) is 59.6 Å². The van der Waals surface area contributed by atoms with Crippen LogP contribution in [-0.2, 0) is 9.47 Å². The number of hydrogen-bond donors (Lipinski definition) is 3.